The van der Waals surface area contributed by atoms with Crippen molar-refractivity contribution in [1.82, 2.24) is 0 Å². The summed E-state index contributed by atoms with van der Waals surface area (Å²) < 4.78 is 32.7. The first kappa shape index (κ1) is 56.4. The van der Waals surface area contributed by atoms with Crippen LogP contribution in [-0.4, -0.2) is 65.7 Å². The van der Waals surface area contributed by atoms with E-state index in [2.05, 4.69) is 86.8 Å². The zero-order valence-corrected chi connectivity index (χ0v) is 37.8. The van der Waals surface area contributed by atoms with E-state index in [-0.39, 0.29) is 19.4 Å². The summed E-state index contributed by atoms with van der Waals surface area (Å²) in [6, 6.07) is 0. The standard InChI is InChI=1S/C48H83O10P/c1-3-5-7-9-11-13-15-17-19-20-21-22-23-24-26-28-30-32-34-36-38-40-48(52)58-46(44-57-59(53,54)56-42-45(50)41-49)43-55-47(51)39-37-35-33-31-29-27-25-18-16-14-12-10-8-6-4-2/h5,7,11,13,17-19,21-22,24-26,45-46,49-50H,3-4,6,8-10,12,14-16,20,23,27-44H2,1-2H3,(H,53,54)/b7-5-,13-11-,19-17-,22-21-,25-18-,26-24-/t45-,46+/m0/s1. The molecule has 3 atom stereocenters. The van der Waals surface area contributed by atoms with E-state index in [1.807, 2.05) is 0 Å². The van der Waals surface area contributed by atoms with Crippen LogP contribution in [0.15, 0.2) is 72.9 Å². The fraction of sp³-hybridized carbons (Fsp3) is 0.708. The SMILES string of the molecule is CC/C=C\C/C=C\C/C=C\C/C=C\C/C=C\CCCCCCCC(=O)O[C@H](COC(=O)CCCCCCC/C=C\CCCCCCCC)COP(=O)(O)OC[C@@H](O)CO. The van der Waals surface area contributed by atoms with Crippen molar-refractivity contribution in [2.45, 2.75) is 193 Å². The van der Waals surface area contributed by atoms with Crippen molar-refractivity contribution in [1.29, 1.82) is 0 Å². The number of carbonyl (C=O) groups excluding carboxylic acids is 2. The molecule has 0 fully saturated rings. The molecule has 0 aromatic heterocycles. The van der Waals surface area contributed by atoms with Crippen molar-refractivity contribution >= 4 is 19.8 Å². The molecule has 0 spiro atoms. The fourth-order valence-electron chi connectivity index (χ4n) is 5.84. The molecule has 10 nitrogen and oxygen atoms in total. The Morgan fingerprint density at radius 1 is 0.525 bits per heavy atom. The Bertz CT molecular complexity index is 1210. The Morgan fingerprint density at radius 3 is 1.42 bits per heavy atom. The molecule has 0 rings (SSSR count). The van der Waals surface area contributed by atoms with Gasteiger partial charge in [-0.3, -0.25) is 18.6 Å². The number of hydrogen-bond donors (Lipinski definition) is 3. The Morgan fingerprint density at radius 2 is 0.932 bits per heavy atom. The summed E-state index contributed by atoms with van der Waals surface area (Å²) in [4.78, 5) is 35.0. The number of carbonyl (C=O) groups is 2. The minimum atomic E-state index is -4.63. The van der Waals surface area contributed by atoms with Crippen LogP contribution in [0.1, 0.15) is 181 Å². The number of esters is 2. The number of aliphatic hydroxyl groups excluding tert-OH is 2. The van der Waals surface area contributed by atoms with E-state index >= 15 is 0 Å². The second-order valence-corrected chi connectivity index (χ2v) is 16.5. The van der Waals surface area contributed by atoms with Gasteiger partial charge in [0, 0.05) is 12.8 Å². The van der Waals surface area contributed by atoms with E-state index in [9.17, 15) is 24.2 Å². The van der Waals surface area contributed by atoms with Crippen molar-refractivity contribution in [3.05, 3.63) is 72.9 Å². The first-order chi connectivity index (χ1) is 28.7. The highest BCUT2D eigenvalue weighted by Crippen LogP contribution is 2.43. The smallest absolute Gasteiger partial charge is 0.462 e. The monoisotopic (exact) mass is 851 g/mol. The minimum absolute atomic E-state index is 0.157. The molecular weight excluding hydrogens is 767 g/mol. The Hall–Kier alpha value is -2.59. The number of aliphatic hydroxyl groups is 2. The van der Waals surface area contributed by atoms with Crippen molar-refractivity contribution in [3.63, 3.8) is 0 Å². The van der Waals surface area contributed by atoms with Gasteiger partial charge in [0.05, 0.1) is 19.8 Å². The number of phosphoric ester groups is 1. The van der Waals surface area contributed by atoms with Gasteiger partial charge in [-0.25, -0.2) is 4.57 Å². The summed E-state index contributed by atoms with van der Waals surface area (Å²) in [6.45, 7) is 2.22. The highest BCUT2D eigenvalue weighted by molar-refractivity contribution is 7.47. The third-order valence-electron chi connectivity index (χ3n) is 9.34. The van der Waals surface area contributed by atoms with Crippen molar-refractivity contribution in [2.24, 2.45) is 0 Å². The largest absolute Gasteiger partial charge is 0.472 e. The van der Waals surface area contributed by atoms with Gasteiger partial charge in [0.1, 0.15) is 12.7 Å². The second-order valence-electron chi connectivity index (χ2n) is 15.0. The van der Waals surface area contributed by atoms with Crippen LogP contribution in [0.5, 0.6) is 0 Å². The van der Waals surface area contributed by atoms with Crippen LogP contribution in [0.2, 0.25) is 0 Å². The van der Waals surface area contributed by atoms with Crippen LogP contribution in [0.4, 0.5) is 0 Å². The fourth-order valence-corrected chi connectivity index (χ4v) is 6.63. The van der Waals surface area contributed by atoms with Gasteiger partial charge in [0.15, 0.2) is 6.10 Å². The molecule has 0 amide bonds. The number of phosphoric acid groups is 1. The third-order valence-corrected chi connectivity index (χ3v) is 10.3. The molecule has 0 aliphatic heterocycles. The summed E-state index contributed by atoms with van der Waals surface area (Å²) in [7, 11) is -4.63. The van der Waals surface area contributed by atoms with Crippen LogP contribution in [0.3, 0.4) is 0 Å². The summed E-state index contributed by atoms with van der Waals surface area (Å²) in [6.07, 6.45) is 50.0. The van der Waals surface area contributed by atoms with Crippen molar-refractivity contribution in [3.8, 4) is 0 Å². The minimum Gasteiger partial charge on any atom is -0.462 e. The molecule has 0 saturated carbocycles. The molecule has 3 N–H and O–H groups in total. The molecule has 59 heavy (non-hydrogen) atoms. The number of allylic oxidation sites excluding steroid dienone is 12. The summed E-state index contributed by atoms with van der Waals surface area (Å²) in [5, 5.41) is 18.4. The van der Waals surface area contributed by atoms with Gasteiger partial charge >= 0.3 is 19.8 Å². The zero-order chi connectivity index (χ0) is 43.3. The van der Waals surface area contributed by atoms with Gasteiger partial charge in [-0.1, -0.05) is 157 Å². The predicted octanol–water partition coefficient (Wildman–Crippen LogP) is 12.4. The highest BCUT2D eigenvalue weighted by atomic mass is 31.2. The van der Waals surface area contributed by atoms with E-state index in [0.29, 0.717) is 12.8 Å². The lowest BCUT2D eigenvalue weighted by atomic mass is 10.1. The summed E-state index contributed by atoms with van der Waals surface area (Å²) >= 11 is 0. The molecule has 1 unspecified atom stereocenters. The molecule has 0 heterocycles. The number of unbranched alkanes of at least 4 members (excludes halogenated alkanes) is 16. The summed E-state index contributed by atoms with van der Waals surface area (Å²) in [5.41, 5.74) is 0. The molecule has 0 radical (unpaired) electrons. The van der Waals surface area contributed by atoms with Crippen LogP contribution in [0, 0.1) is 0 Å². The Labute approximate surface area is 358 Å². The van der Waals surface area contributed by atoms with Crippen molar-refractivity contribution in [2.75, 3.05) is 26.4 Å². The molecule has 0 aliphatic carbocycles. The van der Waals surface area contributed by atoms with E-state index in [4.69, 9.17) is 23.6 Å². The average molecular weight is 851 g/mol. The van der Waals surface area contributed by atoms with Gasteiger partial charge in [0.25, 0.3) is 0 Å². The first-order valence-corrected chi connectivity index (χ1v) is 24.4. The Balaban J connectivity index is 4.33. The first-order valence-electron chi connectivity index (χ1n) is 22.9. The highest BCUT2D eigenvalue weighted by Gasteiger charge is 2.27. The Kier molecular flexibility index (Phi) is 41.6. The van der Waals surface area contributed by atoms with Gasteiger partial charge in [-0.2, -0.15) is 0 Å². The van der Waals surface area contributed by atoms with Crippen LogP contribution >= 0.6 is 7.82 Å². The quantitative estimate of drug-likeness (QED) is 0.0234. The molecule has 11 heteroatoms. The van der Waals surface area contributed by atoms with Gasteiger partial charge < -0.3 is 24.6 Å². The van der Waals surface area contributed by atoms with Crippen LogP contribution in [-0.2, 0) is 32.7 Å². The van der Waals surface area contributed by atoms with E-state index < -0.39 is 51.8 Å². The van der Waals surface area contributed by atoms with Crippen LogP contribution in [0.25, 0.3) is 0 Å². The van der Waals surface area contributed by atoms with E-state index in [0.717, 1.165) is 103 Å². The normalized spacial score (nSPS) is 14.5. The van der Waals surface area contributed by atoms with Gasteiger partial charge in [-0.15, -0.1) is 0 Å². The number of hydrogen-bond acceptors (Lipinski definition) is 9. The second kappa shape index (κ2) is 43.5. The predicted molar refractivity (Wildman–Crippen MR) is 242 cm³/mol. The topological polar surface area (TPSA) is 149 Å². The average Bonchev–Trinajstić information content (AvgIpc) is 3.22. The molecule has 0 saturated heterocycles. The molecule has 0 aromatic rings. The van der Waals surface area contributed by atoms with Gasteiger partial charge in [0.2, 0.25) is 0 Å². The third kappa shape index (κ3) is 43.3. The number of rotatable bonds is 42. The maximum absolute atomic E-state index is 12.6. The zero-order valence-electron chi connectivity index (χ0n) is 36.9. The van der Waals surface area contributed by atoms with Crippen molar-refractivity contribution < 1.29 is 47.8 Å². The lowest BCUT2D eigenvalue weighted by molar-refractivity contribution is -0.161. The van der Waals surface area contributed by atoms with E-state index in [1.165, 1.54) is 38.5 Å². The maximum Gasteiger partial charge on any atom is 0.472 e. The van der Waals surface area contributed by atoms with E-state index in [1.54, 1.807) is 0 Å². The lowest BCUT2D eigenvalue weighted by Crippen LogP contribution is -2.29. The van der Waals surface area contributed by atoms with Crippen LogP contribution < -0.4 is 0 Å². The number of ether oxygens (including phenoxy) is 2. The summed E-state index contributed by atoms with van der Waals surface area (Å²) in [5.74, 6) is -0.960. The van der Waals surface area contributed by atoms with Gasteiger partial charge in [-0.05, 0) is 83.5 Å². The molecular formula is C48H83O10P. The molecule has 0 bridgehead atoms. The lowest BCUT2D eigenvalue weighted by Gasteiger charge is -2.20. The molecule has 340 valence electrons. The maximum atomic E-state index is 12.6. The molecule has 0 aliphatic rings. The molecule has 0 aromatic carbocycles.